The molecular formula is C35H68N2O4S2. The molecule has 0 bridgehead atoms. The Hall–Kier alpha value is -0.890. The Balaban J connectivity index is 3.64. The molecule has 0 aromatic rings. The topological polar surface area (TPSA) is 95.5 Å². The fraction of sp³-hybridized carbons (Fsp3) is 0.914. The van der Waals surface area contributed by atoms with Crippen LogP contribution in [0.1, 0.15) is 168 Å². The van der Waals surface area contributed by atoms with Crippen LogP contribution in [-0.4, -0.2) is 58.5 Å². The molecule has 1 atom stereocenters. The average molecular weight is 645 g/mol. The molecule has 6 nitrogen and oxygen atoms in total. The maximum Gasteiger partial charge on any atom is 0.328 e. The molecule has 3 N–H and O–H groups in total. The SMILES string of the molecule is CCCCCCCCCCCCCCSCC(=O)NCC(NC(=O)CSCCCCCCCCCCCCCC)C(=O)O. The van der Waals surface area contributed by atoms with Gasteiger partial charge in [-0.05, 0) is 24.3 Å². The number of hydrogen-bond donors (Lipinski definition) is 3. The lowest BCUT2D eigenvalue weighted by Crippen LogP contribution is -2.49. The number of unbranched alkanes of at least 4 members (excludes halogenated alkanes) is 22. The van der Waals surface area contributed by atoms with Gasteiger partial charge in [-0.3, -0.25) is 9.59 Å². The summed E-state index contributed by atoms with van der Waals surface area (Å²) in [6.07, 6.45) is 31.5. The van der Waals surface area contributed by atoms with Crippen LogP contribution >= 0.6 is 23.5 Å². The van der Waals surface area contributed by atoms with E-state index in [0.29, 0.717) is 5.75 Å². The average Bonchev–Trinajstić information content (AvgIpc) is 2.99. The molecule has 0 aromatic heterocycles. The summed E-state index contributed by atoms with van der Waals surface area (Å²) in [6, 6.07) is -1.09. The molecule has 0 saturated carbocycles. The highest BCUT2D eigenvalue weighted by molar-refractivity contribution is 8.00. The minimum atomic E-state index is -1.12. The summed E-state index contributed by atoms with van der Waals surface area (Å²) in [7, 11) is 0. The minimum absolute atomic E-state index is 0.0809. The van der Waals surface area contributed by atoms with Crippen LogP contribution in [-0.2, 0) is 14.4 Å². The third-order valence-electron chi connectivity index (χ3n) is 7.89. The number of amides is 2. The molecule has 0 heterocycles. The maximum absolute atomic E-state index is 12.2. The van der Waals surface area contributed by atoms with Crippen LogP contribution in [0.2, 0.25) is 0 Å². The van der Waals surface area contributed by atoms with Gasteiger partial charge in [-0.1, -0.05) is 155 Å². The number of rotatable bonds is 34. The van der Waals surface area contributed by atoms with Crippen molar-refractivity contribution in [3.8, 4) is 0 Å². The fourth-order valence-electron chi connectivity index (χ4n) is 5.12. The summed E-state index contributed by atoms with van der Waals surface area (Å²) in [4.78, 5) is 35.9. The van der Waals surface area contributed by atoms with Crippen LogP contribution in [0.3, 0.4) is 0 Å². The molecule has 254 valence electrons. The van der Waals surface area contributed by atoms with E-state index >= 15 is 0 Å². The number of thioether (sulfide) groups is 2. The summed E-state index contributed by atoms with van der Waals surface area (Å²) in [5.41, 5.74) is 0. The summed E-state index contributed by atoms with van der Waals surface area (Å²) in [5, 5.41) is 14.7. The third kappa shape index (κ3) is 32.3. The predicted octanol–water partition coefficient (Wildman–Crippen LogP) is 9.54. The second kappa shape index (κ2) is 34.0. The number of aliphatic carboxylic acids is 1. The third-order valence-corrected chi connectivity index (χ3v) is 9.97. The van der Waals surface area contributed by atoms with Crippen LogP contribution in [0, 0.1) is 0 Å². The number of nitrogens with one attached hydrogen (secondary N) is 2. The number of carboxylic acid groups (broad SMARTS) is 1. The molecule has 0 aliphatic carbocycles. The van der Waals surface area contributed by atoms with E-state index in [4.69, 9.17) is 0 Å². The number of carbonyl (C=O) groups is 3. The van der Waals surface area contributed by atoms with Gasteiger partial charge in [-0.25, -0.2) is 4.79 Å². The minimum Gasteiger partial charge on any atom is -0.480 e. The Morgan fingerprint density at radius 3 is 1.19 bits per heavy atom. The molecule has 0 saturated heterocycles. The van der Waals surface area contributed by atoms with E-state index in [1.165, 1.54) is 141 Å². The molecule has 43 heavy (non-hydrogen) atoms. The van der Waals surface area contributed by atoms with Crippen molar-refractivity contribution in [3.63, 3.8) is 0 Å². The molecule has 2 amide bonds. The van der Waals surface area contributed by atoms with Gasteiger partial charge in [0.2, 0.25) is 11.8 Å². The monoisotopic (exact) mass is 644 g/mol. The Kier molecular flexibility index (Phi) is 33.3. The Labute approximate surface area is 274 Å². The van der Waals surface area contributed by atoms with E-state index in [9.17, 15) is 19.5 Å². The van der Waals surface area contributed by atoms with Crippen molar-refractivity contribution in [1.82, 2.24) is 10.6 Å². The van der Waals surface area contributed by atoms with Gasteiger partial charge >= 0.3 is 5.97 Å². The molecular weight excluding hydrogens is 577 g/mol. The quantitative estimate of drug-likeness (QED) is 0.0604. The van der Waals surface area contributed by atoms with Crippen molar-refractivity contribution >= 4 is 41.3 Å². The van der Waals surface area contributed by atoms with Crippen molar-refractivity contribution in [2.75, 3.05) is 29.6 Å². The van der Waals surface area contributed by atoms with Crippen LogP contribution in [0.25, 0.3) is 0 Å². The number of hydrogen-bond acceptors (Lipinski definition) is 5. The van der Waals surface area contributed by atoms with E-state index in [1.807, 2.05) is 0 Å². The van der Waals surface area contributed by atoms with Crippen molar-refractivity contribution in [1.29, 1.82) is 0 Å². The lowest BCUT2D eigenvalue weighted by atomic mass is 10.1. The van der Waals surface area contributed by atoms with Gasteiger partial charge in [-0.2, -0.15) is 23.5 Å². The molecule has 8 heteroatoms. The Morgan fingerprint density at radius 1 is 0.512 bits per heavy atom. The van der Waals surface area contributed by atoms with Crippen molar-refractivity contribution in [3.05, 3.63) is 0 Å². The number of carbonyl (C=O) groups excluding carboxylic acids is 2. The molecule has 0 radical (unpaired) electrons. The summed E-state index contributed by atoms with van der Waals surface area (Å²) >= 11 is 3.15. The van der Waals surface area contributed by atoms with E-state index in [1.54, 1.807) is 23.5 Å². The zero-order chi connectivity index (χ0) is 31.6. The van der Waals surface area contributed by atoms with Gasteiger partial charge < -0.3 is 15.7 Å². The molecule has 0 fully saturated rings. The lowest BCUT2D eigenvalue weighted by Gasteiger charge is -2.15. The van der Waals surface area contributed by atoms with Gasteiger partial charge in [-0.15, -0.1) is 0 Å². The molecule has 0 aromatic carbocycles. The van der Waals surface area contributed by atoms with Gasteiger partial charge in [0.15, 0.2) is 0 Å². The molecule has 0 rings (SSSR count). The van der Waals surface area contributed by atoms with E-state index in [2.05, 4.69) is 24.5 Å². The first-order valence-electron chi connectivity index (χ1n) is 18.0. The van der Waals surface area contributed by atoms with Crippen LogP contribution in [0.4, 0.5) is 0 Å². The normalized spacial score (nSPS) is 11.9. The fourth-order valence-corrected chi connectivity index (χ4v) is 6.78. The lowest BCUT2D eigenvalue weighted by molar-refractivity contribution is -0.141. The highest BCUT2D eigenvalue weighted by Gasteiger charge is 2.20. The second-order valence-electron chi connectivity index (χ2n) is 12.1. The molecule has 0 spiro atoms. The van der Waals surface area contributed by atoms with Crippen LogP contribution in [0.15, 0.2) is 0 Å². The van der Waals surface area contributed by atoms with Crippen molar-refractivity contribution < 1.29 is 19.5 Å². The smallest absolute Gasteiger partial charge is 0.328 e. The zero-order valence-electron chi connectivity index (χ0n) is 28.1. The van der Waals surface area contributed by atoms with Gasteiger partial charge in [0.25, 0.3) is 0 Å². The van der Waals surface area contributed by atoms with Crippen molar-refractivity contribution in [2.24, 2.45) is 0 Å². The van der Waals surface area contributed by atoms with Crippen molar-refractivity contribution in [2.45, 2.75) is 174 Å². The summed E-state index contributed by atoms with van der Waals surface area (Å²) < 4.78 is 0. The van der Waals surface area contributed by atoms with E-state index in [0.717, 1.165) is 24.3 Å². The molecule has 0 aliphatic rings. The Bertz CT molecular complexity index is 651. The highest BCUT2D eigenvalue weighted by Crippen LogP contribution is 2.14. The zero-order valence-corrected chi connectivity index (χ0v) is 29.7. The first-order chi connectivity index (χ1) is 21.0. The maximum atomic E-state index is 12.2. The summed E-state index contributed by atoms with van der Waals surface area (Å²) in [5.74, 6) is 0.856. The second-order valence-corrected chi connectivity index (χ2v) is 14.4. The van der Waals surface area contributed by atoms with Gasteiger partial charge in [0.1, 0.15) is 6.04 Å². The molecule has 0 aliphatic heterocycles. The largest absolute Gasteiger partial charge is 0.480 e. The van der Waals surface area contributed by atoms with E-state index in [-0.39, 0.29) is 24.1 Å². The summed E-state index contributed by atoms with van der Waals surface area (Å²) in [6.45, 7) is 4.43. The Morgan fingerprint density at radius 2 is 0.837 bits per heavy atom. The first kappa shape index (κ1) is 42.1. The first-order valence-corrected chi connectivity index (χ1v) is 20.3. The van der Waals surface area contributed by atoms with Crippen LogP contribution < -0.4 is 10.6 Å². The van der Waals surface area contributed by atoms with E-state index < -0.39 is 12.0 Å². The van der Waals surface area contributed by atoms with Gasteiger partial charge in [0, 0.05) is 6.54 Å². The number of carboxylic acids is 1. The highest BCUT2D eigenvalue weighted by atomic mass is 32.2. The van der Waals surface area contributed by atoms with Gasteiger partial charge in [0.05, 0.1) is 11.5 Å². The standard InChI is InChI=1S/C35H68N2O4S2/c1-3-5-7-9-11-13-15-17-19-21-23-25-27-42-30-33(38)36-29-32(35(40)41)37-34(39)31-43-28-26-24-22-20-18-16-14-12-10-8-6-4-2/h32H,3-31H2,1-2H3,(H,36,38)(H,37,39)(H,40,41). The van der Waals surface area contributed by atoms with Crippen LogP contribution in [0.5, 0.6) is 0 Å². The predicted molar refractivity (Wildman–Crippen MR) is 189 cm³/mol. The molecule has 1 unspecified atom stereocenters.